The quantitative estimate of drug-likeness (QED) is 0.378. The SMILES string of the molecule is Cc1ccccc1CCCCCCCCS(=O)(=O)[O-].[Na+]. The molecule has 0 unspecified atom stereocenters. The van der Waals surface area contributed by atoms with Gasteiger partial charge in [-0.25, -0.2) is 8.42 Å². The van der Waals surface area contributed by atoms with Crippen molar-refractivity contribution in [3.8, 4) is 0 Å². The van der Waals surface area contributed by atoms with Crippen molar-refractivity contribution in [2.75, 3.05) is 5.75 Å². The van der Waals surface area contributed by atoms with Crippen molar-refractivity contribution in [1.82, 2.24) is 0 Å². The Hall–Kier alpha value is 0.130. The second-order valence-corrected chi connectivity index (χ2v) is 6.58. The van der Waals surface area contributed by atoms with Crippen LogP contribution in [-0.4, -0.2) is 18.7 Å². The van der Waals surface area contributed by atoms with Gasteiger partial charge in [0.05, 0.1) is 10.1 Å². The van der Waals surface area contributed by atoms with Crippen molar-refractivity contribution in [2.45, 2.75) is 51.9 Å². The van der Waals surface area contributed by atoms with Crippen LogP contribution in [0.25, 0.3) is 0 Å². The molecule has 0 saturated carbocycles. The Morgan fingerprint density at radius 1 is 0.950 bits per heavy atom. The van der Waals surface area contributed by atoms with E-state index in [0.29, 0.717) is 6.42 Å². The molecule has 0 aliphatic rings. The van der Waals surface area contributed by atoms with Crippen LogP contribution in [0.1, 0.15) is 49.7 Å². The summed E-state index contributed by atoms with van der Waals surface area (Å²) in [4.78, 5) is 0. The van der Waals surface area contributed by atoms with Gasteiger partial charge in [0.15, 0.2) is 0 Å². The molecule has 1 aromatic carbocycles. The third-order valence-electron chi connectivity index (χ3n) is 3.35. The number of hydrogen-bond donors (Lipinski definition) is 0. The first-order valence-corrected chi connectivity index (χ1v) is 8.55. The van der Waals surface area contributed by atoms with Crippen LogP contribution in [0.2, 0.25) is 0 Å². The van der Waals surface area contributed by atoms with E-state index >= 15 is 0 Å². The predicted octanol–water partition coefficient (Wildman–Crippen LogP) is 0.427. The van der Waals surface area contributed by atoms with Crippen molar-refractivity contribution >= 4 is 10.1 Å². The van der Waals surface area contributed by atoms with Gasteiger partial charge in [0.1, 0.15) is 0 Å². The van der Waals surface area contributed by atoms with Gasteiger partial charge >= 0.3 is 29.6 Å². The van der Waals surface area contributed by atoms with E-state index < -0.39 is 10.1 Å². The molecule has 0 aliphatic heterocycles. The zero-order valence-corrected chi connectivity index (χ0v) is 15.4. The Bertz CT molecular complexity index is 472. The van der Waals surface area contributed by atoms with Gasteiger partial charge in [-0.05, 0) is 37.3 Å². The first-order chi connectivity index (χ1) is 8.99. The van der Waals surface area contributed by atoms with E-state index in [9.17, 15) is 13.0 Å². The maximum Gasteiger partial charge on any atom is 1.00 e. The van der Waals surface area contributed by atoms with Crippen LogP contribution in [0.5, 0.6) is 0 Å². The molecule has 0 aliphatic carbocycles. The third kappa shape index (κ3) is 9.94. The molecule has 0 saturated heterocycles. The minimum absolute atomic E-state index is 0. The molecule has 5 heteroatoms. The molecule has 1 aromatic rings. The first kappa shape index (κ1) is 20.1. The number of hydrogen-bond acceptors (Lipinski definition) is 3. The maximum absolute atomic E-state index is 10.4. The smallest absolute Gasteiger partial charge is 0.748 e. The van der Waals surface area contributed by atoms with Gasteiger partial charge in [-0.15, -0.1) is 0 Å². The molecule has 3 nitrogen and oxygen atoms in total. The van der Waals surface area contributed by atoms with Gasteiger partial charge < -0.3 is 4.55 Å². The fourth-order valence-corrected chi connectivity index (χ4v) is 2.75. The van der Waals surface area contributed by atoms with E-state index in [1.165, 1.54) is 24.0 Å². The van der Waals surface area contributed by atoms with Crippen LogP contribution < -0.4 is 29.6 Å². The van der Waals surface area contributed by atoms with Gasteiger partial charge in [-0.3, -0.25) is 0 Å². The van der Waals surface area contributed by atoms with Crippen LogP contribution in [-0.2, 0) is 16.5 Å². The van der Waals surface area contributed by atoms with Gasteiger partial charge in [-0.1, -0.05) is 49.9 Å². The number of aryl methyl sites for hydroxylation is 2. The normalized spacial score (nSPS) is 11.1. The summed E-state index contributed by atoms with van der Waals surface area (Å²) in [6.45, 7) is 2.14. The van der Waals surface area contributed by atoms with E-state index in [1.54, 1.807) is 0 Å². The summed E-state index contributed by atoms with van der Waals surface area (Å²) in [5.74, 6) is -0.212. The molecule has 108 valence electrons. The van der Waals surface area contributed by atoms with Crippen LogP contribution >= 0.6 is 0 Å². The second-order valence-electron chi connectivity index (χ2n) is 5.06. The summed E-state index contributed by atoms with van der Waals surface area (Å²) in [6.07, 6.45) is 6.92. The standard InChI is InChI=1S/C15H24O3S.Na/c1-14-10-7-8-12-15(14)11-6-4-2-3-5-9-13-19(16,17)18;/h7-8,10,12H,2-6,9,11,13H2,1H3,(H,16,17,18);/q;+1/p-1. The van der Waals surface area contributed by atoms with E-state index in [2.05, 4.69) is 31.2 Å². The summed E-state index contributed by atoms with van der Waals surface area (Å²) in [5.41, 5.74) is 2.77. The topological polar surface area (TPSA) is 57.2 Å². The van der Waals surface area contributed by atoms with E-state index in [-0.39, 0.29) is 35.3 Å². The second kappa shape index (κ2) is 10.8. The van der Waals surface area contributed by atoms with Crippen LogP contribution in [0.3, 0.4) is 0 Å². The van der Waals surface area contributed by atoms with Gasteiger partial charge in [0.25, 0.3) is 0 Å². The predicted molar refractivity (Wildman–Crippen MR) is 77.1 cm³/mol. The molecular weight excluding hydrogens is 283 g/mol. The molecule has 0 amide bonds. The van der Waals surface area contributed by atoms with Crippen LogP contribution in [0.15, 0.2) is 24.3 Å². The van der Waals surface area contributed by atoms with Crippen molar-refractivity contribution < 1.29 is 42.5 Å². The van der Waals surface area contributed by atoms with Crippen molar-refractivity contribution in [3.05, 3.63) is 35.4 Å². The minimum Gasteiger partial charge on any atom is -0.748 e. The molecule has 0 radical (unpaired) electrons. The average molecular weight is 306 g/mol. The molecule has 0 N–H and O–H groups in total. The summed E-state index contributed by atoms with van der Waals surface area (Å²) >= 11 is 0. The molecule has 0 atom stereocenters. The minimum atomic E-state index is -4.01. The van der Waals surface area contributed by atoms with E-state index in [1.807, 2.05) is 0 Å². The summed E-state index contributed by atoms with van der Waals surface area (Å²) < 4.78 is 31.2. The number of unbranched alkanes of at least 4 members (excludes halogenated alkanes) is 5. The van der Waals surface area contributed by atoms with E-state index in [4.69, 9.17) is 0 Å². The fraction of sp³-hybridized carbons (Fsp3) is 0.600. The fourth-order valence-electron chi connectivity index (χ4n) is 2.19. The van der Waals surface area contributed by atoms with Gasteiger partial charge in [-0.2, -0.15) is 0 Å². The molecule has 0 spiro atoms. The molecule has 0 heterocycles. The van der Waals surface area contributed by atoms with Gasteiger partial charge in [0.2, 0.25) is 0 Å². The van der Waals surface area contributed by atoms with E-state index in [0.717, 1.165) is 25.7 Å². The molecule has 20 heavy (non-hydrogen) atoms. The molecule has 0 aromatic heterocycles. The van der Waals surface area contributed by atoms with Crippen molar-refractivity contribution in [3.63, 3.8) is 0 Å². The summed E-state index contributed by atoms with van der Waals surface area (Å²) in [7, 11) is -4.01. The maximum atomic E-state index is 10.4. The van der Waals surface area contributed by atoms with Crippen LogP contribution in [0, 0.1) is 6.92 Å². The molecule has 1 rings (SSSR count). The molecular formula is C15H23NaO3S. The zero-order chi connectivity index (χ0) is 14.1. The summed E-state index contributed by atoms with van der Waals surface area (Å²) in [5, 5.41) is 0. The Morgan fingerprint density at radius 3 is 2.10 bits per heavy atom. The number of rotatable bonds is 9. The average Bonchev–Trinajstić information content (AvgIpc) is 2.33. The molecule has 0 bridgehead atoms. The Balaban J connectivity index is 0.00000361. The third-order valence-corrected chi connectivity index (χ3v) is 4.14. The Morgan fingerprint density at radius 2 is 1.50 bits per heavy atom. The Labute approximate surface area is 145 Å². The largest absolute Gasteiger partial charge is 1.00 e. The van der Waals surface area contributed by atoms with Crippen LogP contribution in [0.4, 0.5) is 0 Å². The van der Waals surface area contributed by atoms with Crippen molar-refractivity contribution in [2.24, 2.45) is 0 Å². The Kier molecular flexibility index (Phi) is 10.9. The molecule has 0 fully saturated rings. The summed E-state index contributed by atoms with van der Waals surface area (Å²) in [6, 6.07) is 8.45. The zero-order valence-electron chi connectivity index (χ0n) is 12.6. The monoisotopic (exact) mass is 306 g/mol. The van der Waals surface area contributed by atoms with Crippen molar-refractivity contribution in [1.29, 1.82) is 0 Å². The number of benzene rings is 1. The first-order valence-electron chi connectivity index (χ1n) is 6.97. The van der Waals surface area contributed by atoms with Gasteiger partial charge in [0, 0.05) is 5.75 Å².